The Labute approximate surface area is 172 Å². The molecule has 148 valence electrons. The highest BCUT2D eigenvalue weighted by Gasteiger charge is 2.14. The zero-order valence-corrected chi connectivity index (χ0v) is 17.0. The number of hydrogen-bond acceptors (Lipinski definition) is 5. The number of aryl methyl sites for hydroxylation is 1. The number of para-hydroxylation sites is 1. The number of H-pyrrole nitrogens is 1. The smallest absolute Gasteiger partial charge is 0.214 e. The Bertz CT molecular complexity index is 1000. The van der Waals surface area contributed by atoms with Crippen molar-refractivity contribution >= 4 is 23.8 Å². The molecule has 0 spiro atoms. The van der Waals surface area contributed by atoms with Gasteiger partial charge in [0.05, 0.1) is 18.7 Å². The topological polar surface area (TPSA) is 64.1 Å². The second-order valence-corrected chi connectivity index (χ2v) is 6.70. The molecule has 6 nitrogen and oxygen atoms in total. The molecule has 0 bridgehead atoms. The maximum atomic E-state index is 14.1. The van der Waals surface area contributed by atoms with E-state index in [0.717, 1.165) is 11.4 Å². The van der Waals surface area contributed by atoms with E-state index >= 15 is 0 Å². The Morgan fingerprint density at radius 3 is 2.79 bits per heavy atom. The third-order valence-corrected chi connectivity index (χ3v) is 4.82. The van der Waals surface area contributed by atoms with Gasteiger partial charge in [0.25, 0.3) is 0 Å². The molecule has 0 radical (unpaired) electrons. The number of aromatic amines is 1. The molecule has 0 aliphatic rings. The number of nitrogens with one attached hydrogen (secondary N) is 2. The van der Waals surface area contributed by atoms with Crippen LogP contribution in [0, 0.1) is 10.6 Å². The molecule has 9 heteroatoms. The lowest BCUT2D eigenvalue weighted by Gasteiger charge is -2.17. The van der Waals surface area contributed by atoms with E-state index in [1.165, 1.54) is 6.07 Å². The lowest BCUT2D eigenvalue weighted by Crippen LogP contribution is -2.18. The molecular formula is C19H20ClFN4O2S. The van der Waals surface area contributed by atoms with E-state index in [1.807, 2.05) is 19.1 Å². The second kappa shape index (κ2) is 9.07. The van der Waals surface area contributed by atoms with Gasteiger partial charge < -0.3 is 14.9 Å². The van der Waals surface area contributed by atoms with Gasteiger partial charge in [-0.15, -0.1) is 0 Å². The van der Waals surface area contributed by atoms with Crippen LogP contribution in [0.15, 0.2) is 36.4 Å². The van der Waals surface area contributed by atoms with Crippen molar-refractivity contribution in [3.05, 3.63) is 69.0 Å². The number of nitrogens with zero attached hydrogens (tertiary/aromatic N) is 2. The fraction of sp³-hybridized carbons (Fsp3) is 0.263. The molecule has 1 aromatic heterocycles. The number of ether oxygens (including phenoxy) is 2. The van der Waals surface area contributed by atoms with Crippen LogP contribution in [0.5, 0.6) is 11.5 Å². The number of aromatic nitrogens is 3. The zero-order chi connectivity index (χ0) is 20.1. The van der Waals surface area contributed by atoms with Crippen LogP contribution < -0.4 is 14.9 Å². The molecule has 3 aromatic rings. The summed E-state index contributed by atoms with van der Waals surface area (Å²) in [6.07, 6.45) is 0.716. The third-order valence-electron chi connectivity index (χ3n) is 4.19. The number of rotatable bonds is 8. The monoisotopic (exact) mass is 422 g/mol. The Morgan fingerprint density at radius 2 is 2.07 bits per heavy atom. The number of halogens is 2. The molecule has 0 amide bonds. The van der Waals surface area contributed by atoms with Gasteiger partial charge in [-0.2, -0.15) is 5.10 Å². The van der Waals surface area contributed by atoms with Gasteiger partial charge in [0.15, 0.2) is 17.3 Å². The van der Waals surface area contributed by atoms with Crippen molar-refractivity contribution in [3.8, 4) is 11.5 Å². The fourth-order valence-corrected chi connectivity index (χ4v) is 3.17. The van der Waals surface area contributed by atoms with Crippen molar-refractivity contribution < 1.29 is 13.9 Å². The van der Waals surface area contributed by atoms with Crippen LogP contribution in [0.2, 0.25) is 5.02 Å². The summed E-state index contributed by atoms with van der Waals surface area (Å²) in [5.41, 5.74) is 4.33. The quantitative estimate of drug-likeness (QED) is 0.518. The number of benzene rings is 2. The van der Waals surface area contributed by atoms with Gasteiger partial charge in [0, 0.05) is 17.5 Å². The Morgan fingerprint density at radius 1 is 1.29 bits per heavy atom. The van der Waals surface area contributed by atoms with Crippen LogP contribution in [0.4, 0.5) is 4.39 Å². The van der Waals surface area contributed by atoms with Crippen molar-refractivity contribution in [3.63, 3.8) is 0 Å². The normalized spacial score (nSPS) is 10.7. The first-order valence-electron chi connectivity index (χ1n) is 8.66. The lowest BCUT2D eigenvalue weighted by molar-refractivity contribution is 0.277. The highest BCUT2D eigenvalue weighted by Crippen LogP contribution is 2.33. The molecule has 0 fully saturated rings. The summed E-state index contributed by atoms with van der Waals surface area (Å²) in [5.74, 6) is 1.41. The maximum Gasteiger partial charge on any atom is 0.214 e. The molecule has 0 aliphatic carbocycles. The largest absolute Gasteiger partial charge is 0.493 e. The fourth-order valence-electron chi connectivity index (χ4n) is 2.73. The van der Waals surface area contributed by atoms with Crippen molar-refractivity contribution in [1.82, 2.24) is 14.9 Å². The molecule has 0 atom stereocenters. The highest BCUT2D eigenvalue weighted by atomic mass is 35.5. The van der Waals surface area contributed by atoms with Crippen molar-refractivity contribution in [1.29, 1.82) is 0 Å². The minimum Gasteiger partial charge on any atom is -0.493 e. The summed E-state index contributed by atoms with van der Waals surface area (Å²) in [6, 6.07) is 10.1. The Balaban J connectivity index is 1.84. The SMILES string of the molecule is CCc1n[nH]c(=S)n1NCc1cccc(OC)c1OCc1c(F)cccc1Cl. The van der Waals surface area contributed by atoms with Gasteiger partial charge in [0.2, 0.25) is 4.77 Å². The predicted octanol–water partition coefficient (Wildman–Crippen LogP) is 4.63. The first-order chi connectivity index (χ1) is 13.5. The third kappa shape index (κ3) is 4.28. The molecule has 0 unspecified atom stereocenters. The summed E-state index contributed by atoms with van der Waals surface area (Å²) < 4.78 is 27.6. The number of hydrogen-bond donors (Lipinski definition) is 2. The molecule has 2 aromatic carbocycles. The molecule has 0 aliphatic heterocycles. The van der Waals surface area contributed by atoms with Crippen LogP contribution >= 0.6 is 23.8 Å². The van der Waals surface area contributed by atoms with Crippen LogP contribution in [0.25, 0.3) is 0 Å². The Kier molecular flexibility index (Phi) is 6.53. The maximum absolute atomic E-state index is 14.1. The lowest BCUT2D eigenvalue weighted by atomic mass is 10.1. The molecule has 1 heterocycles. The molecule has 2 N–H and O–H groups in total. The van der Waals surface area contributed by atoms with Crippen molar-refractivity contribution in [2.75, 3.05) is 12.5 Å². The zero-order valence-electron chi connectivity index (χ0n) is 15.5. The van der Waals surface area contributed by atoms with Gasteiger partial charge in [-0.1, -0.05) is 36.7 Å². The van der Waals surface area contributed by atoms with Crippen molar-refractivity contribution in [2.24, 2.45) is 0 Å². The molecule has 28 heavy (non-hydrogen) atoms. The minimum absolute atomic E-state index is 0.0236. The average molecular weight is 423 g/mol. The molecule has 3 rings (SSSR count). The summed E-state index contributed by atoms with van der Waals surface area (Å²) in [5, 5.41) is 7.24. The van der Waals surface area contributed by atoms with Gasteiger partial charge >= 0.3 is 0 Å². The standard InChI is InChI=1S/C19H20ClFN4O2S/c1-3-17-23-24-19(28)25(17)22-10-12-6-4-9-16(26-2)18(12)27-11-13-14(20)7-5-8-15(13)21/h4-9,22H,3,10-11H2,1-2H3,(H,24,28). The van der Waals surface area contributed by atoms with E-state index in [-0.39, 0.29) is 6.61 Å². The summed E-state index contributed by atoms with van der Waals surface area (Å²) in [4.78, 5) is 0. The van der Waals surface area contributed by atoms with Gasteiger partial charge in [-0.3, -0.25) is 5.10 Å². The van der Waals surface area contributed by atoms with E-state index in [0.29, 0.717) is 39.8 Å². The predicted molar refractivity (Wildman–Crippen MR) is 109 cm³/mol. The van der Waals surface area contributed by atoms with Crippen LogP contribution in [-0.2, 0) is 19.6 Å². The van der Waals surface area contributed by atoms with Gasteiger partial charge in [-0.05, 0) is 30.4 Å². The van der Waals surface area contributed by atoms with E-state index in [4.69, 9.17) is 33.3 Å². The molecule has 0 saturated heterocycles. The van der Waals surface area contributed by atoms with E-state index in [2.05, 4.69) is 15.6 Å². The van der Waals surface area contributed by atoms with E-state index < -0.39 is 5.82 Å². The summed E-state index contributed by atoms with van der Waals surface area (Å²) in [6.45, 7) is 2.37. The Hall–Kier alpha value is -2.58. The first-order valence-corrected chi connectivity index (χ1v) is 9.45. The van der Waals surface area contributed by atoms with Gasteiger partial charge in [-0.25, -0.2) is 9.07 Å². The summed E-state index contributed by atoms with van der Waals surface area (Å²) in [7, 11) is 1.55. The highest BCUT2D eigenvalue weighted by molar-refractivity contribution is 7.71. The molecule has 0 saturated carbocycles. The van der Waals surface area contributed by atoms with Crippen LogP contribution in [0.3, 0.4) is 0 Å². The second-order valence-electron chi connectivity index (χ2n) is 5.91. The average Bonchev–Trinajstić information content (AvgIpc) is 3.05. The summed E-state index contributed by atoms with van der Waals surface area (Å²) >= 11 is 11.3. The van der Waals surface area contributed by atoms with Gasteiger partial charge in [0.1, 0.15) is 12.4 Å². The minimum atomic E-state index is -0.417. The van der Waals surface area contributed by atoms with E-state index in [1.54, 1.807) is 30.0 Å². The van der Waals surface area contributed by atoms with Crippen molar-refractivity contribution in [2.45, 2.75) is 26.5 Å². The van der Waals surface area contributed by atoms with Crippen LogP contribution in [-0.4, -0.2) is 22.0 Å². The van der Waals surface area contributed by atoms with Crippen LogP contribution in [0.1, 0.15) is 23.9 Å². The molecular weight excluding hydrogens is 403 g/mol. The first kappa shape index (κ1) is 20.2. The van der Waals surface area contributed by atoms with E-state index in [9.17, 15) is 4.39 Å². The number of methoxy groups -OCH3 is 1.